The standard InChI is InChI=1S/C10H12F3N3/c1-7-5-14-9(15-6-16(2)3)4-8(7)10(11,12)13/h4-6H,1-3H3/b15-6+. The Hall–Kier alpha value is -1.59. The van der Waals surface area contributed by atoms with Crippen LogP contribution in [0.2, 0.25) is 0 Å². The summed E-state index contributed by atoms with van der Waals surface area (Å²) in [4.78, 5) is 9.23. The molecule has 1 heterocycles. The van der Waals surface area contributed by atoms with Crippen LogP contribution in [0.1, 0.15) is 11.1 Å². The molecule has 0 aliphatic heterocycles. The largest absolute Gasteiger partial charge is 0.416 e. The van der Waals surface area contributed by atoms with E-state index >= 15 is 0 Å². The lowest BCUT2D eigenvalue weighted by molar-refractivity contribution is -0.138. The summed E-state index contributed by atoms with van der Waals surface area (Å²) in [6.45, 7) is 1.37. The van der Waals surface area contributed by atoms with Gasteiger partial charge in [-0.15, -0.1) is 0 Å². The molecule has 1 aromatic heterocycles. The van der Waals surface area contributed by atoms with Crippen LogP contribution in [0.25, 0.3) is 0 Å². The monoisotopic (exact) mass is 231 g/mol. The Morgan fingerprint density at radius 1 is 1.38 bits per heavy atom. The third-order valence-corrected chi connectivity index (χ3v) is 1.82. The molecule has 6 heteroatoms. The van der Waals surface area contributed by atoms with E-state index < -0.39 is 11.7 Å². The minimum absolute atomic E-state index is 0.0478. The van der Waals surface area contributed by atoms with Crippen molar-refractivity contribution in [2.24, 2.45) is 4.99 Å². The van der Waals surface area contributed by atoms with Crippen molar-refractivity contribution < 1.29 is 13.2 Å². The number of pyridine rings is 1. The SMILES string of the molecule is Cc1cnc(/N=C/N(C)C)cc1C(F)(F)F. The van der Waals surface area contributed by atoms with Crippen LogP contribution in [0.4, 0.5) is 19.0 Å². The van der Waals surface area contributed by atoms with Crippen LogP contribution < -0.4 is 0 Å². The van der Waals surface area contributed by atoms with Gasteiger partial charge in [0.1, 0.15) is 0 Å². The quantitative estimate of drug-likeness (QED) is 0.578. The molecule has 0 amide bonds. The van der Waals surface area contributed by atoms with E-state index in [0.717, 1.165) is 6.07 Å². The second kappa shape index (κ2) is 4.51. The van der Waals surface area contributed by atoms with E-state index in [1.54, 1.807) is 19.0 Å². The topological polar surface area (TPSA) is 28.5 Å². The third kappa shape index (κ3) is 3.22. The molecule has 0 bridgehead atoms. The Kier molecular flexibility index (Phi) is 3.51. The predicted molar refractivity (Wildman–Crippen MR) is 55.8 cm³/mol. The van der Waals surface area contributed by atoms with Gasteiger partial charge in [0, 0.05) is 20.3 Å². The van der Waals surface area contributed by atoms with E-state index in [1.807, 2.05) is 0 Å². The molecule has 0 aliphatic rings. The second-order valence-electron chi connectivity index (χ2n) is 3.56. The van der Waals surface area contributed by atoms with Crippen molar-refractivity contribution in [2.75, 3.05) is 14.1 Å². The van der Waals surface area contributed by atoms with Crippen molar-refractivity contribution in [3.63, 3.8) is 0 Å². The van der Waals surface area contributed by atoms with Crippen molar-refractivity contribution in [3.8, 4) is 0 Å². The number of aryl methyl sites for hydroxylation is 1. The second-order valence-corrected chi connectivity index (χ2v) is 3.56. The van der Waals surface area contributed by atoms with Gasteiger partial charge in [0.25, 0.3) is 0 Å². The van der Waals surface area contributed by atoms with Crippen molar-refractivity contribution in [1.29, 1.82) is 0 Å². The lowest BCUT2D eigenvalue weighted by Crippen LogP contribution is -2.09. The van der Waals surface area contributed by atoms with Crippen LogP contribution >= 0.6 is 0 Å². The first-order valence-corrected chi connectivity index (χ1v) is 4.55. The van der Waals surface area contributed by atoms with E-state index in [4.69, 9.17) is 0 Å². The van der Waals surface area contributed by atoms with Gasteiger partial charge in [-0.25, -0.2) is 9.98 Å². The van der Waals surface area contributed by atoms with Gasteiger partial charge < -0.3 is 4.90 Å². The first kappa shape index (κ1) is 12.5. The molecular weight excluding hydrogens is 219 g/mol. The van der Waals surface area contributed by atoms with E-state index in [-0.39, 0.29) is 11.4 Å². The maximum Gasteiger partial charge on any atom is 0.416 e. The Morgan fingerprint density at radius 2 is 2.00 bits per heavy atom. The van der Waals surface area contributed by atoms with Gasteiger partial charge in [0.15, 0.2) is 5.82 Å². The summed E-state index contributed by atoms with van der Waals surface area (Å²) in [5, 5.41) is 0. The van der Waals surface area contributed by atoms with E-state index in [1.165, 1.54) is 19.5 Å². The molecule has 0 unspecified atom stereocenters. The highest BCUT2D eigenvalue weighted by Gasteiger charge is 2.32. The Morgan fingerprint density at radius 3 is 2.50 bits per heavy atom. The summed E-state index contributed by atoms with van der Waals surface area (Å²) in [7, 11) is 3.45. The summed E-state index contributed by atoms with van der Waals surface area (Å²) in [6.07, 6.45) is -1.79. The normalized spacial score (nSPS) is 12.1. The highest BCUT2D eigenvalue weighted by atomic mass is 19.4. The minimum atomic E-state index is -4.37. The van der Waals surface area contributed by atoms with E-state index in [0.29, 0.717) is 0 Å². The Labute approximate surface area is 91.6 Å². The molecule has 0 radical (unpaired) electrons. The minimum Gasteiger partial charge on any atom is -0.369 e. The zero-order valence-corrected chi connectivity index (χ0v) is 9.21. The first-order valence-electron chi connectivity index (χ1n) is 4.55. The fourth-order valence-corrected chi connectivity index (χ4v) is 1.06. The number of hydrogen-bond donors (Lipinski definition) is 0. The van der Waals surface area contributed by atoms with Crippen LogP contribution in [-0.4, -0.2) is 30.3 Å². The number of aliphatic imine (C=N–C) groups is 1. The molecule has 88 valence electrons. The molecule has 0 N–H and O–H groups in total. The molecule has 0 saturated carbocycles. The zero-order valence-electron chi connectivity index (χ0n) is 9.21. The zero-order chi connectivity index (χ0) is 12.3. The summed E-state index contributed by atoms with van der Waals surface area (Å²) in [6, 6.07) is 0.940. The van der Waals surface area contributed by atoms with Gasteiger partial charge in [0.05, 0.1) is 11.9 Å². The maximum atomic E-state index is 12.5. The third-order valence-electron chi connectivity index (χ3n) is 1.82. The number of hydrogen-bond acceptors (Lipinski definition) is 2. The number of nitrogens with zero attached hydrogens (tertiary/aromatic N) is 3. The number of rotatable bonds is 2. The number of aromatic nitrogens is 1. The molecule has 0 atom stereocenters. The van der Waals surface area contributed by atoms with Gasteiger partial charge in [-0.3, -0.25) is 0 Å². The van der Waals surface area contributed by atoms with Crippen LogP contribution in [0.5, 0.6) is 0 Å². The van der Waals surface area contributed by atoms with Crippen molar-refractivity contribution >= 4 is 12.2 Å². The van der Waals surface area contributed by atoms with E-state index in [2.05, 4.69) is 9.98 Å². The maximum absolute atomic E-state index is 12.5. The van der Waals surface area contributed by atoms with Gasteiger partial charge in [0.2, 0.25) is 0 Å². The first-order chi connectivity index (χ1) is 7.30. The van der Waals surface area contributed by atoms with Crippen LogP contribution in [0.15, 0.2) is 17.3 Å². The van der Waals surface area contributed by atoms with Crippen molar-refractivity contribution in [1.82, 2.24) is 9.88 Å². The van der Waals surface area contributed by atoms with Crippen LogP contribution in [0.3, 0.4) is 0 Å². The highest BCUT2D eigenvalue weighted by molar-refractivity contribution is 5.59. The molecule has 0 spiro atoms. The number of halogens is 3. The van der Waals surface area contributed by atoms with Gasteiger partial charge in [-0.05, 0) is 18.6 Å². The molecule has 0 fully saturated rings. The summed E-state index contributed by atoms with van der Waals surface area (Å²) < 4.78 is 37.6. The Bertz CT molecular complexity index is 397. The fraction of sp³-hybridized carbons (Fsp3) is 0.400. The van der Waals surface area contributed by atoms with Crippen LogP contribution in [0, 0.1) is 6.92 Å². The molecule has 0 aliphatic carbocycles. The average molecular weight is 231 g/mol. The summed E-state index contributed by atoms with van der Waals surface area (Å²) >= 11 is 0. The summed E-state index contributed by atoms with van der Waals surface area (Å²) in [5.74, 6) is 0.0478. The molecule has 1 aromatic rings. The lowest BCUT2D eigenvalue weighted by Gasteiger charge is -2.10. The van der Waals surface area contributed by atoms with Gasteiger partial charge in [-0.1, -0.05) is 0 Å². The average Bonchev–Trinajstić information content (AvgIpc) is 2.14. The van der Waals surface area contributed by atoms with Gasteiger partial charge in [-0.2, -0.15) is 13.2 Å². The number of alkyl halides is 3. The highest BCUT2D eigenvalue weighted by Crippen LogP contribution is 2.32. The van der Waals surface area contributed by atoms with Crippen molar-refractivity contribution in [3.05, 3.63) is 23.4 Å². The molecule has 0 aromatic carbocycles. The molecule has 0 saturated heterocycles. The smallest absolute Gasteiger partial charge is 0.369 e. The molecule has 1 rings (SSSR count). The van der Waals surface area contributed by atoms with E-state index in [9.17, 15) is 13.2 Å². The Balaban J connectivity index is 3.08. The van der Waals surface area contributed by atoms with Crippen LogP contribution in [-0.2, 0) is 6.18 Å². The summed E-state index contributed by atoms with van der Waals surface area (Å²) in [5.41, 5.74) is -0.607. The van der Waals surface area contributed by atoms with Gasteiger partial charge >= 0.3 is 6.18 Å². The predicted octanol–water partition coefficient (Wildman–Crippen LogP) is 2.63. The lowest BCUT2D eigenvalue weighted by atomic mass is 10.1. The molecule has 3 nitrogen and oxygen atoms in total. The fourth-order valence-electron chi connectivity index (χ4n) is 1.06. The van der Waals surface area contributed by atoms with Crippen molar-refractivity contribution in [2.45, 2.75) is 13.1 Å². The molecular formula is C10H12F3N3. The molecule has 16 heavy (non-hydrogen) atoms.